The first-order valence-electron chi connectivity index (χ1n) is 36.5. The van der Waals surface area contributed by atoms with Crippen LogP contribution in [0.3, 0.4) is 0 Å². The minimum Gasteiger partial charge on any atom is -0.462 e. The van der Waals surface area contributed by atoms with Gasteiger partial charge in [-0.3, -0.25) is 37.3 Å². The van der Waals surface area contributed by atoms with E-state index in [1.807, 2.05) is 0 Å². The van der Waals surface area contributed by atoms with Crippen LogP contribution in [0, 0.1) is 11.8 Å². The van der Waals surface area contributed by atoms with Crippen molar-refractivity contribution in [1.82, 2.24) is 0 Å². The van der Waals surface area contributed by atoms with Gasteiger partial charge in [-0.1, -0.05) is 305 Å². The minimum atomic E-state index is -4.95. The van der Waals surface area contributed by atoms with Gasteiger partial charge in [0.1, 0.15) is 19.3 Å². The van der Waals surface area contributed by atoms with Crippen molar-refractivity contribution in [2.24, 2.45) is 11.8 Å². The van der Waals surface area contributed by atoms with Crippen molar-refractivity contribution in [3.63, 3.8) is 0 Å². The Kier molecular flexibility index (Phi) is 60.8. The van der Waals surface area contributed by atoms with Crippen molar-refractivity contribution in [3.05, 3.63) is 0 Å². The molecular formula is C70H136O17P2. The Labute approximate surface area is 543 Å². The lowest BCUT2D eigenvalue weighted by molar-refractivity contribution is -0.161. The summed E-state index contributed by atoms with van der Waals surface area (Å²) in [6, 6.07) is 0. The highest BCUT2D eigenvalue weighted by Gasteiger charge is 2.30. The lowest BCUT2D eigenvalue weighted by Gasteiger charge is -2.21. The largest absolute Gasteiger partial charge is 0.472 e. The third-order valence-electron chi connectivity index (χ3n) is 16.6. The highest BCUT2D eigenvalue weighted by atomic mass is 31.2. The molecule has 0 spiro atoms. The number of ether oxygens (including phenoxy) is 4. The topological polar surface area (TPSA) is 237 Å². The highest BCUT2D eigenvalue weighted by Crippen LogP contribution is 2.45. The van der Waals surface area contributed by atoms with Gasteiger partial charge in [-0.05, 0) is 37.5 Å². The molecule has 0 fully saturated rings. The zero-order valence-electron chi connectivity index (χ0n) is 57.7. The molecule has 0 aliphatic heterocycles. The average molecular weight is 1310 g/mol. The van der Waals surface area contributed by atoms with Crippen LogP contribution in [0.5, 0.6) is 0 Å². The van der Waals surface area contributed by atoms with Gasteiger partial charge in [0.05, 0.1) is 26.4 Å². The van der Waals surface area contributed by atoms with Gasteiger partial charge in [0.25, 0.3) is 0 Å². The molecule has 0 radical (unpaired) electrons. The van der Waals surface area contributed by atoms with Gasteiger partial charge in [-0.15, -0.1) is 0 Å². The van der Waals surface area contributed by atoms with Gasteiger partial charge in [0.15, 0.2) is 12.2 Å². The molecule has 0 aromatic carbocycles. The van der Waals surface area contributed by atoms with E-state index in [1.54, 1.807) is 0 Å². The molecule has 0 amide bonds. The van der Waals surface area contributed by atoms with Gasteiger partial charge in [-0.2, -0.15) is 0 Å². The number of aliphatic hydroxyl groups excluding tert-OH is 1. The van der Waals surface area contributed by atoms with E-state index >= 15 is 0 Å². The Morgan fingerprint density at radius 2 is 0.573 bits per heavy atom. The average Bonchev–Trinajstić information content (AvgIpc) is 3.71. The standard InChI is InChI=1S/C70H136O17P2/c1-7-10-12-14-15-16-17-18-19-20-21-22-23-24-25-26-27-32-35-42-48-54-69(74)86-66(59-81-68(73)53-47-41-34-31-29-28-30-33-40-45-51-63(6)9-3)61-85-89(78,79)83-57-64(71)56-82-88(76,77)84-60-65(58-80-67(72)52-46-38-13-11-8-2)87-70(75)55-49-43-37-36-39-44-50-62(4)5/h62-66,71H,7-61H2,1-6H3,(H,76,77)(H,78,79)/t63?,64-,65+,66+/m0/s1. The molecule has 17 nitrogen and oxygen atoms in total. The molecule has 3 unspecified atom stereocenters. The lowest BCUT2D eigenvalue weighted by Crippen LogP contribution is -2.30. The smallest absolute Gasteiger partial charge is 0.462 e. The van der Waals surface area contributed by atoms with Crippen LogP contribution in [0.25, 0.3) is 0 Å². The molecule has 6 atom stereocenters. The monoisotopic (exact) mass is 1310 g/mol. The third kappa shape index (κ3) is 63.2. The maximum Gasteiger partial charge on any atom is 0.472 e. The van der Waals surface area contributed by atoms with Crippen molar-refractivity contribution in [2.75, 3.05) is 39.6 Å². The fraction of sp³-hybridized carbons (Fsp3) is 0.943. The van der Waals surface area contributed by atoms with Gasteiger partial charge >= 0.3 is 39.5 Å². The van der Waals surface area contributed by atoms with E-state index in [4.69, 9.17) is 37.0 Å². The molecule has 0 aliphatic carbocycles. The van der Waals surface area contributed by atoms with Gasteiger partial charge in [0, 0.05) is 25.7 Å². The van der Waals surface area contributed by atoms with Crippen LogP contribution >= 0.6 is 15.6 Å². The first kappa shape index (κ1) is 87.1. The number of phosphoric acid groups is 2. The summed E-state index contributed by atoms with van der Waals surface area (Å²) in [6.07, 6.45) is 47.9. The van der Waals surface area contributed by atoms with E-state index in [0.717, 1.165) is 102 Å². The van der Waals surface area contributed by atoms with Crippen LogP contribution in [0.2, 0.25) is 0 Å². The van der Waals surface area contributed by atoms with E-state index in [0.29, 0.717) is 31.6 Å². The number of carbonyl (C=O) groups excluding carboxylic acids is 4. The molecule has 0 aromatic rings. The minimum absolute atomic E-state index is 0.101. The third-order valence-corrected chi connectivity index (χ3v) is 18.5. The van der Waals surface area contributed by atoms with Crippen LogP contribution in [-0.2, 0) is 65.4 Å². The number of carbonyl (C=O) groups is 4. The molecule has 89 heavy (non-hydrogen) atoms. The van der Waals surface area contributed by atoms with Gasteiger partial charge < -0.3 is 33.8 Å². The summed E-state index contributed by atoms with van der Waals surface area (Å²) in [5.41, 5.74) is 0. The number of esters is 4. The summed E-state index contributed by atoms with van der Waals surface area (Å²) in [4.78, 5) is 72.2. The van der Waals surface area contributed by atoms with Crippen LogP contribution in [0.4, 0.5) is 0 Å². The van der Waals surface area contributed by atoms with Gasteiger partial charge in [0.2, 0.25) is 0 Å². The summed E-state index contributed by atoms with van der Waals surface area (Å²) >= 11 is 0. The van der Waals surface area contributed by atoms with Crippen LogP contribution < -0.4 is 0 Å². The second kappa shape index (κ2) is 62.2. The number of rotatable bonds is 69. The van der Waals surface area contributed by atoms with Crippen molar-refractivity contribution >= 4 is 39.5 Å². The zero-order chi connectivity index (χ0) is 65.7. The first-order chi connectivity index (χ1) is 42.9. The van der Waals surface area contributed by atoms with E-state index in [2.05, 4.69) is 41.5 Å². The number of aliphatic hydroxyl groups is 1. The maximum absolute atomic E-state index is 13.0. The summed E-state index contributed by atoms with van der Waals surface area (Å²) in [5, 5.41) is 10.5. The lowest BCUT2D eigenvalue weighted by atomic mass is 9.99. The van der Waals surface area contributed by atoms with Crippen molar-refractivity contribution in [1.29, 1.82) is 0 Å². The van der Waals surface area contributed by atoms with E-state index in [1.165, 1.54) is 167 Å². The van der Waals surface area contributed by atoms with Crippen molar-refractivity contribution < 1.29 is 80.2 Å². The molecule has 19 heteroatoms. The van der Waals surface area contributed by atoms with E-state index < -0.39 is 97.5 Å². The van der Waals surface area contributed by atoms with Gasteiger partial charge in [-0.25, -0.2) is 9.13 Å². The van der Waals surface area contributed by atoms with E-state index in [-0.39, 0.29) is 25.7 Å². The second-order valence-electron chi connectivity index (χ2n) is 26.0. The fourth-order valence-electron chi connectivity index (χ4n) is 10.6. The Balaban J connectivity index is 5.11. The molecule has 3 N–H and O–H groups in total. The molecule has 0 heterocycles. The Bertz CT molecular complexity index is 1740. The fourth-order valence-corrected chi connectivity index (χ4v) is 12.1. The molecule has 0 rings (SSSR count). The second-order valence-corrected chi connectivity index (χ2v) is 28.9. The number of hydrogen-bond donors (Lipinski definition) is 3. The summed E-state index contributed by atoms with van der Waals surface area (Å²) in [6.45, 7) is 9.38. The Hall–Kier alpha value is -1.94. The number of unbranched alkanes of at least 4 members (excludes halogenated alkanes) is 38. The molecule has 0 aliphatic rings. The molecule has 0 bridgehead atoms. The summed E-state index contributed by atoms with van der Waals surface area (Å²) < 4.78 is 68.0. The summed E-state index contributed by atoms with van der Waals surface area (Å²) in [7, 11) is -9.89. The molecule has 0 saturated carbocycles. The SMILES string of the molecule is CCCCCCCCCCCCCCCCCCCCCCCC(=O)O[C@H](COC(=O)CCCCCCCCCCCCC(C)CC)COP(=O)(O)OC[C@@H](O)COP(=O)(O)OC[C@@H](COC(=O)CCCCCCC)OC(=O)CCCCCCCCC(C)C. The maximum atomic E-state index is 13.0. The molecule has 0 saturated heterocycles. The molecule has 0 aromatic heterocycles. The van der Waals surface area contributed by atoms with Crippen molar-refractivity contribution in [3.8, 4) is 0 Å². The Morgan fingerprint density at radius 3 is 0.854 bits per heavy atom. The van der Waals surface area contributed by atoms with Crippen LogP contribution in [0.15, 0.2) is 0 Å². The predicted octanol–water partition coefficient (Wildman–Crippen LogP) is 20.0. The molecular weight excluding hydrogens is 1170 g/mol. The van der Waals surface area contributed by atoms with E-state index in [9.17, 15) is 43.2 Å². The molecule has 528 valence electrons. The quantitative estimate of drug-likeness (QED) is 0.0222. The highest BCUT2D eigenvalue weighted by molar-refractivity contribution is 7.47. The number of hydrogen-bond acceptors (Lipinski definition) is 15. The zero-order valence-corrected chi connectivity index (χ0v) is 59.5. The summed E-state index contributed by atoms with van der Waals surface area (Å²) in [5.74, 6) is -0.662. The predicted molar refractivity (Wildman–Crippen MR) is 358 cm³/mol. The first-order valence-corrected chi connectivity index (χ1v) is 39.5. The van der Waals surface area contributed by atoms with Crippen LogP contribution in [-0.4, -0.2) is 96.7 Å². The number of phosphoric ester groups is 2. The normalized spacial score (nSPS) is 14.4. The van der Waals surface area contributed by atoms with Crippen molar-refractivity contribution in [2.45, 2.75) is 374 Å². The Morgan fingerprint density at radius 1 is 0.326 bits per heavy atom. The van der Waals surface area contributed by atoms with Crippen LogP contribution in [0.1, 0.15) is 356 Å².